The second-order valence-corrected chi connectivity index (χ2v) is 7.08. The van der Waals surface area contributed by atoms with Crippen molar-refractivity contribution in [2.24, 2.45) is 0 Å². The van der Waals surface area contributed by atoms with Crippen LogP contribution in [0.2, 0.25) is 0 Å². The van der Waals surface area contributed by atoms with Gasteiger partial charge in [-0.1, -0.05) is 12.1 Å². The van der Waals surface area contributed by atoms with E-state index < -0.39 is 5.60 Å². The lowest BCUT2D eigenvalue weighted by Crippen LogP contribution is -2.22. The average molecular weight is 332 g/mol. The first kappa shape index (κ1) is 17.2. The van der Waals surface area contributed by atoms with Crippen molar-refractivity contribution in [1.29, 1.82) is 0 Å². The van der Waals surface area contributed by atoms with E-state index in [1.807, 2.05) is 45.0 Å². The predicted octanol–water partition coefficient (Wildman–Crippen LogP) is 4.43. The van der Waals surface area contributed by atoms with E-state index in [-0.39, 0.29) is 11.9 Å². The first-order valence-electron chi connectivity index (χ1n) is 7.40. The Labute approximate surface area is 139 Å². The summed E-state index contributed by atoms with van der Waals surface area (Å²) in [5.74, 6) is -0.685. The van der Waals surface area contributed by atoms with E-state index in [9.17, 15) is 9.59 Å². The van der Waals surface area contributed by atoms with Crippen LogP contribution in [-0.2, 0) is 14.3 Å². The van der Waals surface area contributed by atoms with E-state index in [0.29, 0.717) is 11.5 Å². The van der Waals surface area contributed by atoms with Crippen LogP contribution in [0.15, 0.2) is 30.3 Å². The number of carbonyl (C=O) groups is 2. The SMILES string of the molecule is CCOC(=O)c1cc2ccc(C=CC(=O)OC(C)(C)C)cc2s1. The average Bonchev–Trinajstić information content (AvgIpc) is 2.86. The van der Waals surface area contributed by atoms with E-state index in [2.05, 4.69) is 0 Å². The number of esters is 2. The standard InChI is InChI=1S/C18H20O4S/c1-5-21-17(20)15-11-13-8-6-12(10-14(13)23-15)7-9-16(19)22-18(2,3)4/h6-11H,5H2,1-4H3. The summed E-state index contributed by atoms with van der Waals surface area (Å²) in [5, 5.41) is 0.979. The van der Waals surface area contributed by atoms with Crippen molar-refractivity contribution in [2.45, 2.75) is 33.3 Å². The Kier molecular flexibility index (Phi) is 5.21. The van der Waals surface area contributed by atoms with Crippen molar-refractivity contribution in [3.05, 3.63) is 40.8 Å². The van der Waals surface area contributed by atoms with Crippen LogP contribution in [0.3, 0.4) is 0 Å². The lowest BCUT2D eigenvalue weighted by atomic mass is 10.1. The molecule has 0 bridgehead atoms. The number of fused-ring (bicyclic) bond motifs is 1. The summed E-state index contributed by atoms with van der Waals surface area (Å²) in [4.78, 5) is 24.0. The van der Waals surface area contributed by atoms with Crippen LogP contribution < -0.4 is 0 Å². The van der Waals surface area contributed by atoms with Crippen LogP contribution in [0.4, 0.5) is 0 Å². The van der Waals surface area contributed by atoms with Crippen LogP contribution in [0.25, 0.3) is 16.2 Å². The van der Waals surface area contributed by atoms with Gasteiger partial charge in [-0.3, -0.25) is 0 Å². The molecule has 1 aromatic heterocycles. The Balaban J connectivity index is 2.17. The number of benzene rings is 1. The third-order valence-electron chi connectivity index (χ3n) is 2.84. The number of hydrogen-bond donors (Lipinski definition) is 0. The number of rotatable bonds is 4. The summed E-state index contributed by atoms with van der Waals surface area (Å²) < 4.78 is 11.2. The maximum atomic E-state index is 11.8. The van der Waals surface area contributed by atoms with E-state index in [4.69, 9.17) is 9.47 Å². The molecular weight excluding hydrogens is 312 g/mol. The predicted molar refractivity (Wildman–Crippen MR) is 92.7 cm³/mol. The first-order chi connectivity index (χ1) is 10.8. The molecule has 0 radical (unpaired) electrons. The van der Waals surface area contributed by atoms with Gasteiger partial charge in [-0.05, 0) is 56.9 Å². The van der Waals surface area contributed by atoms with E-state index in [1.165, 1.54) is 17.4 Å². The molecular formula is C18H20O4S. The molecule has 2 aromatic rings. The molecule has 2 rings (SSSR count). The third kappa shape index (κ3) is 4.93. The minimum Gasteiger partial charge on any atom is -0.462 e. The van der Waals surface area contributed by atoms with Crippen molar-refractivity contribution in [3.63, 3.8) is 0 Å². The van der Waals surface area contributed by atoms with Crippen LogP contribution in [0, 0.1) is 0 Å². The molecule has 0 unspecified atom stereocenters. The molecule has 0 fully saturated rings. The molecule has 4 nitrogen and oxygen atoms in total. The van der Waals surface area contributed by atoms with Gasteiger partial charge in [-0.2, -0.15) is 0 Å². The summed E-state index contributed by atoms with van der Waals surface area (Å²) in [7, 11) is 0. The van der Waals surface area contributed by atoms with Crippen molar-refractivity contribution in [3.8, 4) is 0 Å². The summed E-state index contributed by atoms with van der Waals surface area (Å²) in [6.07, 6.45) is 3.11. The molecule has 0 aliphatic rings. The van der Waals surface area contributed by atoms with E-state index >= 15 is 0 Å². The molecule has 122 valence electrons. The molecule has 0 atom stereocenters. The normalized spacial score (nSPS) is 11.8. The van der Waals surface area contributed by atoms with Gasteiger partial charge in [-0.25, -0.2) is 9.59 Å². The third-order valence-corrected chi connectivity index (χ3v) is 3.92. The number of carbonyl (C=O) groups excluding carboxylic acids is 2. The largest absolute Gasteiger partial charge is 0.462 e. The summed E-state index contributed by atoms with van der Waals surface area (Å²) in [6.45, 7) is 7.62. The van der Waals surface area contributed by atoms with Crippen LogP contribution in [0.1, 0.15) is 42.9 Å². The zero-order valence-electron chi connectivity index (χ0n) is 13.7. The molecule has 5 heteroatoms. The van der Waals surface area contributed by atoms with Crippen LogP contribution in [-0.4, -0.2) is 24.1 Å². The quantitative estimate of drug-likeness (QED) is 0.614. The molecule has 0 saturated heterocycles. The van der Waals surface area contributed by atoms with Crippen molar-refractivity contribution in [1.82, 2.24) is 0 Å². The minimum absolute atomic E-state index is 0.306. The number of ether oxygens (including phenoxy) is 2. The van der Waals surface area contributed by atoms with E-state index in [0.717, 1.165) is 15.6 Å². The molecule has 0 N–H and O–H groups in total. The Morgan fingerprint density at radius 2 is 1.96 bits per heavy atom. The molecule has 0 aliphatic heterocycles. The van der Waals surface area contributed by atoms with Gasteiger partial charge in [0.1, 0.15) is 10.5 Å². The monoisotopic (exact) mass is 332 g/mol. The zero-order chi connectivity index (χ0) is 17.0. The van der Waals surface area contributed by atoms with Crippen molar-refractivity contribution >= 4 is 39.4 Å². The second kappa shape index (κ2) is 6.96. The van der Waals surface area contributed by atoms with Crippen LogP contribution >= 0.6 is 11.3 Å². The smallest absolute Gasteiger partial charge is 0.348 e. The van der Waals surface area contributed by atoms with Crippen molar-refractivity contribution in [2.75, 3.05) is 6.61 Å². The first-order valence-corrected chi connectivity index (χ1v) is 8.22. The lowest BCUT2D eigenvalue weighted by Gasteiger charge is -2.17. The summed E-state index contributed by atoms with van der Waals surface area (Å²) in [5.41, 5.74) is 0.369. The molecule has 23 heavy (non-hydrogen) atoms. The Morgan fingerprint density at radius 3 is 2.61 bits per heavy atom. The van der Waals surface area contributed by atoms with Gasteiger partial charge in [0.25, 0.3) is 0 Å². The van der Waals surface area contributed by atoms with Gasteiger partial charge < -0.3 is 9.47 Å². The van der Waals surface area contributed by atoms with Gasteiger partial charge in [0.05, 0.1) is 6.61 Å². The van der Waals surface area contributed by atoms with Gasteiger partial charge in [0.2, 0.25) is 0 Å². The number of hydrogen-bond acceptors (Lipinski definition) is 5. The summed E-state index contributed by atoms with van der Waals surface area (Å²) in [6, 6.07) is 7.57. The second-order valence-electron chi connectivity index (χ2n) is 6.00. The summed E-state index contributed by atoms with van der Waals surface area (Å²) >= 11 is 1.38. The van der Waals surface area contributed by atoms with Gasteiger partial charge in [0, 0.05) is 10.8 Å². The van der Waals surface area contributed by atoms with Gasteiger partial charge in [-0.15, -0.1) is 11.3 Å². The molecule has 1 aromatic carbocycles. The molecule has 0 spiro atoms. The lowest BCUT2D eigenvalue weighted by molar-refractivity contribution is -0.148. The highest BCUT2D eigenvalue weighted by atomic mass is 32.1. The van der Waals surface area contributed by atoms with Crippen molar-refractivity contribution < 1.29 is 19.1 Å². The maximum Gasteiger partial charge on any atom is 0.348 e. The molecule has 1 heterocycles. The maximum absolute atomic E-state index is 11.8. The van der Waals surface area contributed by atoms with Gasteiger partial charge in [0.15, 0.2) is 0 Å². The Morgan fingerprint density at radius 1 is 1.22 bits per heavy atom. The Hall–Kier alpha value is -2.14. The topological polar surface area (TPSA) is 52.6 Å². The Bertz CT molecular complexity index is 750. The van der Waals surface area contributed by atoms with E-state index in [1.54, 1.807) is 13.0 Å². The van der Waals surface area contributed by atoms with Crippen LogP contribution in [0.5, 0.6) is 0 Å². The fourth-order valence-corrected chi connectivity index (χ4v) is 2.96. The fourth-order valence-electron chi connectivity index (χ4n) is 1.95. The molecule has 0 aliphatic carbocycles. The fraction of sp³-hybridized carbons (Fsp3) is 0.333. The zero-order valence-corrected chi connectivity index (χ0v) is 14.5. The van der Waals surface area contributed by atoms with Gasteiger partial charge >= 0.3 is 11.9 Å². The molecule has 0 amide bonds. The highest BCUT2D eigenvalue weighted by Gasteiger charge is 2.14. The number of thiophene rings is 1. The minimum atomic E-state index is -0.506. The highest BCUT2D eigenvalue weighted by Crippen LogP contribution is 2.27. The highest BCUT2D eigenvalue weighted by molar-refractivity contribution is 7.20. The molecule has 0 saturated carbocycles.